The molecule has 0 bridgehead atoms. The predicted octanol–water partition coefficient (Wildman–Crippen LogP) is 4.84. The van der Waals surface area contributed by atoms with Gasteiger partial charge in [0, 0.05) is 6.04 Å². The first-order valence-electron chi connectivity index (χ1n) is 7.26. The van der Waals surface area contributed by atoms with Crippen molar-refractivity contribution in [1.82, 2.24) is 4.98 Å². The number of para-hydroxylation sites is 1. The van der Waals surface area contributed by atoms with E-state index in [1.807, 2.05) is 0 Å². The van der Waals surface area contributed by atoms with E-state index in [0.717, 1.165) is 22.5 Å². The Bertz CT molecular complexity index is 575. The van der Waals surface area contributed by atoms with Crippen LogP contribution in [-0.2, 0) is 0 Å². The van der Waals surface area contributed by atoms with Gasteiger partial charge in [-0.05, 0) is 49.7 Å². The summed E-state index contributed by atoms with van der Waals surface area (Å²) >= 11 is 1.79. The molecule has 3 heteroatoms. The zero-order chi connectivity index (χ0) is 13.4. The van der Waals surface area contributed by atoms with Crippen molar-refractivity contribution >= 4 is 26.7 Å². The first-order chi connectivity index (χ1) is 9.13. The second-order valence-electron chi connectivity index (χ2n) is 6.09. The normalized spacial score (nSPS) is 27.6. The highest BCUT2D eigenvalue weighted by atomic mass is 32.1. The van der Waals surface area contributed by atoms with Crippen LogP contribution in [0, 0.1) is 18.8 Å². The van der Waals surface area contributed by atoms with Crippen LogP contribution >= 0.6 is 11.3 Å². The van der Waals surface area contributed by atoms with Gasteiger partial charge in [-0.3, -0.25) is 0 Å². The van der Waals surface area contributed by atoms with Crippen molar-refractivity contribution in [2.75, 3.05) is 5.32 Å². The number of hydrogen-bond donors (Lipinski definition) is 1. The molecule has 1 aromatic carbocycles. The zero-order valence-corrected chi connectivity index (χ0v) is 12.8. The van der Waals surface area contributed by atoms with Crippen molar-refractivity contribution < 1.29 is 0 Å². The molecule has 102 valence electrons. The van der Waals surface area contributed by atoms with Crippen LogP contribution in [0.15, 0.2) is 18.2 Å². The molecule has 1 aliphatic carbocycles. The monoisotopic (exact) mass is 274 g/mol. The fraction of sp³-hybridized carbons (Fsp3) is 0.562. The predicted molar refractivity (Wildman–Crippen MR) is 83.9 cm³/mol. The third-order valence-corrected chi connectivity index (χ3v) is 5.31. The molecule has 1 aromatic heterocycles. The van der Waals surface area contributed by atoms with Gasteiger partial charge < -0.3 is 5.32 Å². The molecular weight excluding hydrogens is 252 g/mol. The maximum atomic E-state index is 4.77. The van der Waals surface area contributed by atoms with E-state index >= 15 is 0 Å². The van der Waals surface area contributed by atoms with E-state index in [-0.39, 0.29) is 0 Å². The number of thiazole rings is 1. The summed E-state index contributed by atoms with van der Waals surface area (Å²) in [6.45, 7) is 6.87. The van der Waals surface area contributed by atoms with E-state index in [1.54, 1.807) is 11.3 Å². The molecule has 0 aliphatic heterocycles. The number of aryl methyl sites for hydroxylation is 1. The molecule has 0 spiro atoms. The molecule has 3 atom stereocenters. The second-order valence-corrected chi connectivity index (χ2v) is 7.12. The minimum absolute atomic E-state index is 0.595. The third kappa shape index (κ3) is 2.62. The quantitative estimate of drug-likeness (QED) is 0.847. The fourth-order valence-electron chi connectivity index (χ4n) is 3.19. The molecule has 1 aliphatic rings. The van der Waals surface area contributed by atoms with Crippen molar-refractivity contribution in [2.45, 2.75) is 46.1 Å². The molecule has 0 radical (unpaired) electrons. The molecule has 3 rings (SSSR count). The number of rotatable bonds is 2. The molecule has 3 unspecified atom stereocenters. The molecule has 19 heavy (non-hydrogen) atoms. The summed E-state index contributed by atoms with van der Waals surface area (Å²) in [6.07, 6.45) is 3.95. The molecule has 1 heterocycles. The zero-order valence-electron chi connectivity index (χ0n) is 11.9. The molecule has 2 nitrogen and oxygen atoms in total. The number of aromatic nitrogens is 1. The summed E-state index contributed by atoms with van der Waals surface area (Å²) in [5.41, 5.74) is 2.43. The average Bonchev–Trinajstić information content (AvgIpc) is 2.77. The molecule has 0 amide bonds. The van der Waals surface area contributed by atoms with Crippen LogP contribution in [0.1, 0.15) is 38.7 Å². The smallest absolute Gasteiger partial charge is 0.184 e. The van der Waals surface area contributed by atoms with Crippen LogP contribution in [0.5, 0.6) is 0 Å². The Morgan fingerprint density at radius 3 is 2.84 bits per heavy atom. The van der Waals surface area contributed by atoms with Gasteiger partial charge in [0.2, 0.25) is 0 Å². The largest absolute Gasteiger partial charge is 0.358 e. The van der Waals surface area contributed by atoms with Crippen molar-refractivity contribution in [3.05, 3.63) is 23.8 Å². The number of fused-ring (bicyclic) bond motifs is 1. The van der Waals surface area contributed by atoms with Crippen molar-refractivity contribution in [3.8, 4) is 0 Å². The number of anilines is 1. The lowest BCUT2D eigenvalue weighted by Gasteiger charge is -2.33. The molecule has 1 N–H and O–H groups in total. The highest BCUT2D eigenvalue weighted by molar-refractivity contribution is 7.22. The number of nitrogens with zero attached hydrogens (tertiary/aromatic N) is 1. The molecule has 2 aromatic rings. The lowest BCUT2D eigenvalue weighted by molar-refractivity contribution is 0.276. The Kier molecular flexibility index (Phi) is 3.48. The van der Waals surface area contributed by atoms with Crippen LogP contribution < -0.4 is 5.32 Å². The van der Waals surface area contributed by atoms with Crippen LogP contribution in [0.25, 0.3) is 10.2 Å². The topological polar surface area (TPSA) is 24.9 Å². The molecular formula is C16H22N2S. The van der Waals surface area contributed by atoms with E-state index in [1.165, 1.54) is 29.5 Å². The Labute approximate surface area is 119 Å². The van der Waals surface area contributed by atoms with Crippen LogP contribution in [0.2, 0.25) is 0 Å². The Morgan fingerprint density at radius 1 is 1.26 bits per heavy atom. The summed E-state index contributed by atoms with van der Waals surface area (Å²) in [4.78, 5) is 4.77. The maximum absolute atomic E-state index is 4.77. The fourth-order valence-corrected chi connectivity index (χ4v) is 4.19. The van der Waals surface area contributed by atoms with E-state index in [2.05, 4.69) is 44.3 Å². The number of hydrogen-bond acceptors (Lipinski definition) is 3. The van der Waals surface area contributed by atoms with Crippen LogP contribution in [0.4, 0.5) is 5.13 Å². The van der Waals surface area contributed by atoms with Gasteiger partial charge in [-0.15, -0.1) is 0 Å². The van der Waals surface area contributed by atoms with Gasteiger partial charge in [0.15, 0.2) is 5.13 Å². The second kappa shape index (κ2) is 5.12. The summed E-state index contributed by atoms with van der Waals surface area (Å²) in [6, 6.07) is 7.01. The minimum Gasteiger partial charge on any atom is -0.358 e. The van der Waals surface area contributed by atoms with Crippen molar-refractivity contribution in [3.63, 3.8) is 0 Å². The summed E-state index contributed by atoms with van der Waals surface area (Å²) in [7, 11) is 0. The number of benzene rings is 1. The van der Waals surface area contributed by atoms with E-state index in [0.29, 0.717) is 6.04 Å². The van der Waals surface area contributed by atoms with Gasteiger partial charge in [0.1, 0.15) is 0 Å². The Morgan fingerprint density at radius 2 is 2.11 bits per heavy atom. The summed E-state index contributed by atoms with van der Waals surface area (Å²) in [5, 5.41) is 4.77. The molecule has 1 saturated carbocycles. The summed E-state index contributed by atoms with van der Waals surface area (Å²) in [5.74, 6) is 1.63. The highest BCUT2D eigenvalue weighted by Crippen LogP contribution is 2.33. The molecule has 0 saturated heterocycles. The van der Waals surface area contributed by atoms with Gasteiger partial charge in [-0.1, -0.05) is 37.3 Å². The summed E-state index contributed by atoms with van der Waals surface area (Å²) < 4.78 is 1.29. The number of nitrogens with one attached hydrogen (secondary N) is 1. The van der Waals surface area contributed by atoms with Crippen LogP contribution in [0.3, 0.4) is 0 Å². The minimum atomic E-state index is 0.595. The van der Waals surface area contributed by atoms with Crippen molar-refractivity contribution in [2.24, 2.45) is 11.8 Å². The van der Waals surface area contributed by atoms with E-state index < -0.39 is 0 Å². The van der Waals surface area contributed by atoms with Gasteiger partial charge in [0.05, 0.1) is 10.2 Å². The third-order valence-electron chi connectivity index (χ3n) is 4.36. The highest BCUT2D eigenvalue weighted by Gasteiger charge is 2.25. The first kappa shape index (κ1) is 12.9. The SMILES string of the molecule is Cc1cccc2sc(NC3CCC(C)CC3C)nc12. The maximum Gasteiger partial charge on any atom is 0.184 e. The first-order valence-corrected chi connectivity index (χ1v) is 8.08. The lowest BCUT2D eigenvalue weighted by Crippen LogP contribution is -2.32. The van der Waals surface area contributed by atoms with Crippen LogP contribution in [-0.4, -0.2) is 11.0 Å². The van der Waals surface area contributed by atoms with Gasteiger partial charge >= 0.3 is 0 Å². The molecule has 1 fully saturated rings. The lowest BCUT2D eigenvalue weighted by atomic mass is 9.80. The van der Waals surface area contributed by atoms with Gasteiger partial charge in [-0.25, -0.2) is 4.98 Å². The Hall–Kier alpha value is -1.09. The van der Waals surface area contributed by atoms with Gasteiger partial charge in [0.25, 0.3) is 0 Å². The average molecular weight is 274 g/mol. The Balaban J connectivity index is 1.80. The van der Waals surface area contributed by atoms with E-state index in [9.17, 15) is 0 Å². The van der Waals surface area contributed by atoms with E-state index in [4.69, 9.17) is 4.98 Å². The van der Waals surface area contributed by atoms with Crippen molar-refractivity contribution in [1.29, 1.82) is 0 Å². The van der Waals surface area contributed by atoms with Gasteiger partial charge in [-0.2, -0.15) is 0 Å². The standard InChI is InChI=1S/C16H22N2S/c1-10-7-8-13(12(3)9-10)17-16-18-15-11(2)5-4-6-14(15)19-16/h4-6,10,12-13H,7-9H2,1-3H3,(H,17,18).